The van der Waals surface area contributed by atoms with E-state index in [4.69, 9.17) is 46.4 Å². The molecule has 1 saturated heterocycles. The zero-order valence-corrected chi connectivity index (χ0v) is 25.8. The summed E-state index contributed by atoms with van der Waals surface area (Å²) in [6.45, 7) is 0.153. The molecule has 2 atom stereocenters. The van der Waals surface area contributed by atoms with Crippen LogP contribution in [0, 0.1) is 0 Å². The van der Waals surface area contributed by atoms with Gasteiger partial charge in [-0.1, -0.05) is 63.7 Å². The van der Waals surface area contributed by atoms with Gasteiger partial charge in [-0.15, -0.1) is 10.2 Å². The van der Waals surface area contributed by atoms with Crippen molar-refractivity contribution in [3.8, 4) is 0 Å². The molecule has 17 heteroatoms. The van der Waals surface area contributed by atoms with Gasteiger partial charge in [0.25, 0.3) is 5.91 Å². The highest BCUT2D eigenvalue weighted by Crippen LogP contribution is 2.30. The number of tetrazole rings is 1. The number of hydrogen-bond donors (Lipinski definition) is 3. The lowest BCUT2D eigenvalue weighted by Gasteiger charge is -2.25. The second-order valence-electron chi connectivity index (χ2n) is 9.54. The molecule has 3 N–H and O–H groups in total. The molecule has 1 aliphatic heterocycles. The third-order valence-electron chi connectivity index (χ3n) is 6.67. The summed E-state index contributed by atoms with van der Waals surface area (Å²) < 4.78 is 28.0. The molecule has 0 unspecified atom stereocenters. The lowest BCUT2D eigenvalue weighted by molar-refractivity contribution is -0.125. The molecular weight excluding hydrogens is 662 g/mol. The van der Waals surface area contributed by atoms with Crippen molar-refractivity contribution in [2.45, 2.75) is 36.2 Å². The van der Waals surface area contributed by atoms with E-state index in [0.717, 1.165) is 9.87 Å². The van der Waals surface area contributed by atoms with Crippen molar-refractivity contribution in [2.24, 2.45) is 0 Å². The number of rotatable bonds is 9. The quantitative estimate of drug-likeness (QED) is 0.228. The first-order chi connectivity index (χ1) is 20.5. The zero-order chi connectivity index (χ0) is 30.7. The minimum absolute atomic E-state index is 0.0972. The maximum Gasteiger partial charge on any atom is 0.258 e. The van der Waals surface area contributed by atoms with Crippen molar-refractivity contribution in [1.29, 1.82) is 0 Å². The Balaban J connectivity index is 1.30. The predicted molar refractivity (Wildman–Crippen MR) is 161 cm³/mol. The Morgan fingerprint density at radius 1 is 1.02 bits per heavy atom. The second-order valence-corrected chi connectivity index (χ2v) is 13.1. The fourth-order valence-corrected chi connectivity index (χ4v) is 7.60. The summed E-state index contributed by atoms with van der Waals surface area (Å²) in [6, 6.07) is 9.15. The van der Waals surface area contributed by atoms with E-state index in [-0.39, 0.29) is 49.3 Å². The van der Waals surface area contributed by atoms with Crippen molar-refractivity contribution in [3.05, 3.63) is 91.9 Å². The minimum Gasteiger partial charge on any atom is -0.344 e. The van der Waals surface area contributed by atoms with Crippen LogP contribution < -0.4 is 10.6 Å². The Bertz CT molecular complexity index is 1720. The van der Waals surface area contributed by atoms with Gasteiger partial charge in [-0.05, 0) is 48.7 Å². The van der Waals surface area contributed by atoms with Crippen LogP contribution in [0.15, 0.2) is 59.8 Å². The SMILES string of the molecule is O=C(Nc1ccc(C[C@H](NC(=O)[C@@H]2CCCN2S(=O)(=O)c2cc(Cl)cc(Cl)c2)c2nn[nH]n2)cc1)c1c(Cl)cncc1Cl. The van der Waals surface area contributed by atoms with Crippen molar-refractivity contribution in [3.63, 3.8) is 0 Å². The highest BCUT2D eigenvalue weighted by Gasteiger charge is 2.40. The Kier molecular flexibility index (Phi) is 9.49. The average Bonchev–Trinajstić information content (AvgIpc) is 3.67. The van der Waals surface area contributed by atoms with Crippen molar-refractivity contribution < 1.29 is 18.0 Å². The molecule has 5 rings (SSSR count). The molecule has 2 amide bonds. The van der Waals surface area contributed by atoms with Gasteiger partial charge in [0, 0.05) is 41.1 Å². The molecule has 0 saturated carbocycles. The number of benzene rings is 2. The van der Waals surface area contributed by atoms with Crippen LogP contribution in [0.2, 0.25) is 20.1 Å². The first-order valence-corrected chi connectivity index (χ1v) is 15.7. The van der Waals surface area contributed by atoms with E-state index in [1.807, 2.05) is 0 Å². The molecule has 0 bridgehead atoms. The average molecular weight is 684 g/mol. The largest absolute Gasteiger partial charge is 0.344 e. The summed E-state index contributed by atoms with van der Waals surface area (Å²) >= 11 is 24.2. The fraction of sp³-hybridized carbons (Fsp3) is 0.231. The highest BCUT2D eigenvalue weighted by atomic mass is 35.5. The smallest absolute Gasteiger partial charge is 0.258 e. The maximum absolute atomic E-state index is 13.5. The molecule has 224 valence electrons. The Hall–Kier alpha value is -3.33. The van der Waals surface area contributed by atoms with Gasteiger partial charge in [-0.3, -0.25) is 14.6 Å². The molecule has 0 spiro atoms. The number of nitrogens with zero attached hydrogens (tertiary/aromatic N) is 5. The van der Waals surface area contributed by atoms with Gasteiger partial charge < -0.3 is 10.6 Å². The fourth-order valence-electron chi connectivity index (χ4n) is 4.68. The minimum atomic E-state index is -4.07. The molecule has 4 aromatic rings. The Morgan fingerprint density at radius 2 is 1.70 bits per heavy atom. The number of aromatic nitrogens is 5. The van der Waals surface area contributed by atoms with Crippen molar-refractivity contribution in [1.82, 2.24) is 35.2 Å². The van der Waals surface area contributed by atoms with Gasteiger partial charge in [0.1, 0.15) is 6.04 Å². The number of sulfonamides is 1. The monoisotopic (exact) mass is 682 g/mol. The summed E-state index contributed by atoms with van der Waals surface area (Å²) in [5, 5.41) is 20.2. The third kappa shape index (κ3) is 7.08. The van der Waals surface area contributed by atoms with Crippen LogP contribution in [-0.2, 0) is 21.2 Å². The van der Waals surface area contributed by atoms with E-state index in [2.05, 4.69) is 36.2 Å². The third-order valence-corrected chi connectivity index (χ3v) is 9.57. The van der Waals surface area contributed by atoms with Gasteiger partial charge in [0.2, 0.25) is 15.9 Å². The number of halogens is 4. The normalized spacial score (nSPS) is 16.1. The van der Waals surface area contributed by atoms with Crippen LogP contribution in [0.5, 0.6) is 0 Å². The number of H-pyrrole nitrogens is 1. The molecule has 2 aromatic carbocycles. The van der Waals surface area contributed by atoms with Crippen LogP contribution in [-0.4, -0.2) is 62.7 Å². The number of anilines is 1. The van der Waals surface area contributed by atoms with Crippen LogP contribution >= 0.6 is 46.4 Å². The van der Waals surface area contributed by atoms with Gasteiger partial charge >= 0.3 is 0 Å². The molecule has 0 radical (unpaired) electrons. The Morgan fingerprint density at radius 3 is 2.33 bits per heavy atom. The zero-order valence-electron chi connectivity index (χ0n) is 22.0. The van der Waals surface area contributed by atoms with Gasteiger partial charge in [0.15, 0.2) is 5.82 Å². The molecule has 12 nitrogen and oxygen atoms in total. The molecule has 0 aliphatic carbocycles. The van der Waals surface area contributed by atoms with E-state index in [9.17, 15) is 18.0 Å². The first-order valence-electron chi connectivity index (χ1n) is 12.7. The highest BCUT2D eigenvalue weighted by molar-refractivity contribution is 7.89. The topological polar surface area (TPSA) is 163 Å². The predicted octanol–water partition coefficient (Wildman–Crippen LogP) is 4.71. The number of nitrogens with one attached hydrogen (secondary N) is 3. The van der Waals surface area contributed by atoms with E-state index >= 15 is 0 Å². The number of aromatic amines is 1. The van der Waals surface area contributed by atoms with Crippen molar-refractivity contribution >= 4 is 73.9 Å². The summed E-state index contributed by atoms with van der Waals surface area (Å²) in [6.07, 6.45) is 3.69. The molecule has 1 fully saturated rings. The van der Waals surface area contributed by atoms with Gasteiger partial charge in [-0.25, -0.2) is 8.42 Å². The summed E-state index contributed by atoms with van der Waals surface area (Å²) in [5.74, 6) is -0.807. The van der Waals surface area contributed by atoms with Crippen molar-refractivity contribution in [2.75, 3.05) is 11.9 Å². The van der Waals surface area contributed by atoms with Crippen LogP contribution in [0.25, 0.3) is 0 Å². The number of carbonyl (C=O) groups is 2. The van der Waals surface area contributed by atoms with E-state index < -0.39 is 33.9 Å². The molecule has 3 heterocycles. The first kappa shape index (κ1) is 31.1. The number of pyridine rings is 1. The van der Waals surface area contributed by atoms with Gasteiger partial charge in [0.05, 0.1) is 26.5 Å². The van der Waals surface area contributed by atoms with E-state index in [0.29, 0.717) is 18.5 Å². The summed E-state index contributed by atoms with van der Waals surface area (Å²) in [4.78, 5) is 29.9. The lowest BCUT2D eigenvalue weighted by Crippen LogP contribution is -2.47. The second kappa shape index (κ2) is 13.1. The number of hydrogen-bond acceptors (Lipinski definition) is 8. The van der Waals surface area contributed by atoms with Crippen LogP contribution in [0.1, 0.15) is 40.6 Å². The summed E-state index contributed by atoms with van der Waals surface area (Å²) in [7, 11) is -4.07. The standard InChI is InChI=1S/C26H22Cl4N8O4S/c27-15-9-16(28)11-18(10-15)43(41,42)38-7-1-2-22(38)25(39)33-21(24-34-36-37-35-24)8-14-3-5-17(6-4-14)32-26(40)23-19(29)12-31-13-20(23)30/h3-6,9-13,21-22H,1-2,7-8H2,(H,32,40)(H,33,39)(H,34,35,36,37)/t21-,22-/m0/s1. The molecular formula is C26H22Cl4N8O4S. The number of carbonyl (C=O) groups excluding carboxylic acids is 2. The van der Waals surface area contributed by atoms with E-state index in [1.165, 1.54) is 30.6 Å². The Labute approximate surface area is 266 Å². The maximum atomic E-state index is 13.5. The summed E-state index contributed by atoms with van der Waals surface area (Å²) in [5.41, 5.74) is 1.34. The van der Waals surface area contributed by atoms with Crippen LogP contribution in [0.3, 0.4) is 0 Å². The molecule has 2 aromatic heterocycles. The molecule has 43 heavy (non-hydrogen) atoms. The van der Waals surface area contributed by atoms with Crippen LogP contribution in [0.4, 0.5) is 5.69 Å². The van der Waals surface area contributed by atoms with Gasteiger partial charge in [-0.2, -0.15) is 9.52 Å². The van der Waals surface area contributed by atoms with E-state index in [1.54, 1.807) is 24.3 Å². The number of amides is 2. The lowest BCUT2D eigenvalue weighted by atomic mass is 10.0. The molecule has 1 aliphatic rings.